The summed E-state index contributed by atoms with van der Waals surface area (Å²) in [7, 11) is 0. The molecule has 0 fully saturated rings. The number of benzene rings is 2. The maximum Gasteiger partial charge on any atom is 0.119 e. The van der Waals surface area contributed by atoms with Gasteiger partial charge in [0, 0.05) is 16.4 Å². The molecular formula is C21H17ClNO3-. The van der Waals surface area contributed by atoms with Crippen molar-refractivity contribution in [3.63, 3.8) is 0 Å². The lowest BCUT2D eigenvalue weighted by molar-refractivity contribution is -0.305. The first-order chi connectivity index (χ1) is 12.6. The molecule has 0 aliphatic carbocycles. The Bertz CT molecular complexity index is 953. The van der Waals surface area contributed by atoms with Crippen molar-refractivity contribution in [2.75, 3.05) is 6.61 Å². The van der Waals surface area contributed by atoms with Crippen molar-refractivity contribution in [2.24, 2.45) is 0 Å². The number of halogens is 1. The first kappa shape index (κ1) is 18.0. The van der Waals surface area contributed by atoms with E-state index in [0.717, 1.165) is 22.2 Å². The molecule has 0 aliphatic rings. The molecular weight excluding hydrogens is 350 g/mol. The zero-order valence-electron chi connectivity index (χ0n) is 14.0. The molecule has 0 N–H and O–H groups in total. The Morgan fingerprint density at radius 2 is 2.00 bits per heavy atom. The summed E-state index contributed by atoms with van der Waals surface area (Å²) >= 11 is 5.99. The maximum absolute atomic E-state index is 10.4. The predicted molar refractivity (Wildman–Crippen MR) is 102 cm³/mol. The van der Waals surface area contributed by atoms with E-state index in [1.165, 1.54) is 0 Å². The molecule has 3 rings (SSSR count). The van der Waals surface area contributed by atoms with Crippen LogP contribution in [0.2, 0.25) is 5.02 Å². The zero-order valence-corrected chi connectivity index (χ0v) is 14.8. The molecule has 3 aromatic rings. The zero-order chi connectivity index (χ0) is 18.4. The summed E-state index contributed by atoms with van der Waals surface area (Å²) in [6.45, 7) is 0.343. The number of aromatic nitrogens is 1. The Labute approximate surface area is 156 Å². The third kappa shape index (κ3) is 5.07. The van der Waals surface area contributed by atoms with Crippen LogP contribution >= 0.6 is 11.6 Å². The summed E-state index contributed by atoms with van der Waals surface area (Å²) in [6.07, 6.45) is 4.31. The van der Waals surface area contributed by atoms with Gasteiger partial charge >= 0.3 is 0 Å². The van der Waals surface area contributed by atoms with Crippen LogP contribution in [0.1, 0.15) is 24.1 Å². The second-order valence-corrected chi connectivity index (χ2v) is 6.24. The van der Waals surface area contributed by atoms with Gasteiger partial charge < -0.3 is 14.6 Å². The lowest BCUT2D eigenvalue weighted by atomic mass is 10.1. The van der Waals surface area contributed by atoms with Gasteiger partial charge in [0.1, 0.15) is 5.75 Å². The Kier molecular flexibility index (Phi) is 5.87. The summed E-state index contributed by atoms with van der Waals surface area (Å²) in [5.41, 5.74) is 2.71. The standard InChI is InChI=1S/C21H18ClNO3/c22-17-8-11-20-16(14-17)7-10-18(23-20)9-6-15-3-1-4-19(13-15)26-12-2-5-21(24)25/h1,3-4,6-11,13-14H,2,5,12H2,(H,24,25)/p-1. The van der Waals surface area contributed by atoms with Gasteiger partial charge in [-0.1, -0.05) is 35.9 Å². The first-order valence-corrected chi connectivity index (χ1v) is 8.65. The average molecular weight is 367 g/mol. The second kappa shape index (κ2) is 8.50. The van der Waals surface area contributed by atoms with E-state index in [9.17, 15) is 9.90 Å². The molecule has 0 radical (unpaired) electrons. The fourth-order valence-electron chi connectivity index (χ4n) is 2.50. The summed E-state index contributed by atoms with van der Waals surface area (Å²) in [6, 6.07) is 17.1. The summed E-state index contributed by atoms with van der Waals surface area (Å²) in [5.74, 6) is -0.359. The molecule has 1 aromatic heterocycles. The van der Waals surface area contributed by atoms with E-state index in [2.05, 4.69) is 4.98 Å². The number of carboxylic acid groups (broad SMARTS) is 1. The molecule has 0 spiro atoms. The van der Waals surface area contributed by atoms with Crippen molar-refractivity contribution >= 4 is 40.6 Å². The molecule has 5 heteroatoms. The number of carbonyl (C=O) groups is 1. The van der Waals surface area contributed by atoms with Gasteiger partial charge in [0.25, 0.3) is 0 Å². The Balaban J connectivity index is 1.67. The van der Waals surface area contributed by atoms with E-state index < -0.39 is 5.97 Å². The monoisotopic (exact) mass is 366 g/mol. The van der Waals surface area contributed by atoms with Gasteiger partial charge in [-0.05, 0) is 60.9 Å². The number of rotatable bonds is 7. The van der Waals surface area contributed by atoms with Crippen molar-refractivity contribution in [1.82, 2.24) is 4.98 Å². The number of aliphatic carboxylic acids is 1. The number of ether oxygens (including phenoxy) is 1. The molecule has 4 nitrogen and oxygen atoms in total. The second-order valence-electron chi connectivity index (χ2n) is 5.80. The number of pyridine rings is 1. The van der Waals surface area contributed by atoms with Crippen LogP contribution in [0.15, 0.2) is 54.6 Å². The normalized spacial score (nSPS) is 11.1. The van der Waals surface area contributed by atoms with Crippen molar-refractivity contribution in [3.8, 4) is 5.75 Å². The highest BCUT2D eigenvalue weighted by Crippen LogP contribution is 2.20. The molecule has 132 valence electrons. The summed E-state index contributed by atoms with van der Waals surface area (Å²) < 4.78 is 5.56. The smallest absolute Gasteiger partial charge is 0.119 e. The Morgan fingerprint density at radius 3 is 2.85 bits per heavy atom. The minimum Gasteiger partial charge on any atom is -0.550 e. The third-order valence-electron chi connectivity index (χ3n) is 3.77. The van der Waals surface area contributed by atoms with E-state index in [4.69, 9.17) is 16.3 Å². The number of fused-ring (bicyclic) bond motifs is 1. The van der Waals surface area contributed by atoms with Crippen LogP contribution in [0.5, 0.6) is 5.75 Å². The molecule has 0 saturated carbocycles. The van der Waals surface area contributed by atoms with Crippen molar-refractivity contribution < 1.29 is 14.6 Å². The van der Waals surface area contributed by atoms with Crippen LogP contribution in [-0.2, 0) is 4.79 Å². The van der Waals surface area contributed by atoms with Gasteiger partial charge in [0.05, 0.1) is 17.8 Å². The largest absolute Gasteiger partial charge is 0.550 e. The summed E-state index contributed by atoms with van der Waals surface area (Å²) in [5, 5.41) is 12.1. The third-order valence-corrected chi connectivity index (χ3v) is 4.01. The van der Waals surface area contributed by atoms with E-state index in [1.54, 1.807) is 0 Å². The molecule has 0 aliphatic heterocycles. The first-order valence-electron chi connectivity index (χ1n) is 8.27. The predicted octanol–water partition coefficient (Wildman–Crippen LogP) is 3.97. The molecule has 0 amide bonds. The van der Waals surface area contributed by atoms with Gasteiger partial charge in [-0.15, -0.1) is 0 Å². The average Bonchev–Trinajstić information content (AvgIpc) is 2.64. The molecule has 0 atom stereocenters. The van der Waals surface area contributed by atoms with Gasteiger partial charge in [-0.25, -0.2) is 4.98 Å². The van der Waals surface area contributed by atoms with Crippen molar-refractivity contribution in [1.29, 1.82) is 0 Å². The number of nitrogens with zero attached hydrogens (tertiary/aromatic N) is 1. The van der Waals surface area contributed by atoms with E-state index >= 15 is 0 Å². The van der Waals surface area contributed by atoms with Crippen LogP contribution < -0.4 is 9.84 Å². The minimum atomic E-state index is -1.06. The number of hydrogen-bond acceptors (Lipinski definition) is 4. The van der Waals surface area contributed by atoms with Crippen molar-refractivity contribution in [2.45, 2.75) is 12.8 Å². The lowest BCUT2D eigenvalue weighted by Gasteiger charge is -2.07. The SMILES string of the molecule is O=C([O-])CCCOc1cccc(C=Cc2ccc3cc(Cl)ccc3n2)c1. The van der Waals surface area contributed by atoms with Crippen LogP contribution in [0, 0.1) is 0 Å². The fourth-order valence-corrected chi connectivity index (χ4v) is 2.68. The van der Waals surface area contributed by atoms with Gasteiger partial charge in [-0.3, -0.25) is 0 Å². The van der Waals surface area contributed by atoms with E-state index in [1.807, 2.05) is 66.7 Å². The molecule has 0 bridgehead atoms. The minimum absolute atomic E-state index is 0.00155. The van der Waals surface area contributed by atoms with Gasteiger partial charge in [-0.2, -0.15) is 0 Å². The molecule has 26 heavy (non-hydrogen) atoms. The Morgan fingerprint density at radius 1 is 1.12 bits per heavy atom. The van der Waals surface area contributed by atoms with Gasteiger partial charge in [0.2, 0.25) is 0 Å². The lowest BCUT2D eigenvalue weighted by Crippen LogP contribution is -2.22. The molecule has 1 heterocycles. The summed E-state index contributed by atoms with van der Waals surface area (Å²) in [4.78, 5) is 15.0. The topological polar surface area (TPSA) is 62.2 Å². The molecule has 0 saturated heterocycles. The van der Waals surface area contributed by atoms with Crippen LogP contribution in [0.25, 0.3) is 23.1 Å². The van der Waals surface area contributed by atoms with Crippen LogP contribution in [0.4, 0.5) is 0 Å². The number of hydrogen-bond donors (Lipinski definition) is 0. The Hall–Kier alpha value is -2.85. The number of carbonyl (C=O) groups excluding carboxylic acids is 1. The molecule has 2 aromatic carbocycles. The quantitative estimate of drug-likeness (QED) is 0.593. The maximum atomic E-state index is 10.4. The van der Waals surface area contributed by atoms with Crippen LogP contribution in [-0.4, -0.2) is 17.6 Å². The van der Waals surface area contributed by atoms with Gasteiger partial charge in [0.15, 0.2) is 0 Å². The van der Waals surface area contributed by atoms with Crippen LogP contribution in [0.3, 0.4) is 0 Å². The molecule has 0 unspecified atom stereocenters. The van der Waals surface area contributed by atoms with E-state index in [-0.39, 0.29) is 6.42 Å². The highest BCUT2D eigenvalue weighted by molar-refractivity contribution is 6.31. The fraction of sp³-hybridized carbons (Fsp3) is 0.143. The number of carboxylic acids is 1. The highest BCUT2D eigenvalue weighted by atomic mass is 35.5. The van der Waals surface area contributed by atoms with E-state index in [0.29, 0.717) is 23.8 Å². The van der Waals surface area contributed by atoms with Crippen molar-refractivity contribution in [3.05, 3.63) is 70.9 Å². The highest BCUT2D eigenvalue weighted by Gasteiger charge is 1.99.